The summed E-state index contributed by atoms with van der Waals surface area (Å²) in [6.45, 7) is 9.11. The highest BCUT2D eigenvalue weighted by molar-refractivity contribution is 6.34. The lowest BCUT2D eigenvalue weighted by Gasteiger charge is -2.16. The lowest BCUT2D eigenvalue weighted by atomic mass is 9.97. The largest absolute Gasteiger partial charge is 0.493 e. The monoisotopic (exact) mass is 402 g/mol. The summed E-state index contributed by atoms with van der Waals surface area (Å²) in [6, 6.07) is 6.33. The minimum atomic E-state index is 0.0177. The molecule has 3 rings (SSSR count). The number of nitrogens with zero attached hydrogens (tertiary/aromatic N) is 3. The van der Waals surface area contributed by atoms with E-state index in [9.17, 15) is 0 Å². The Labute approximate surface area is 172 Å². The van der Waals surface area contributed by atoms with Gasteiger partial charge in [0.25, 0.3) is 0 Å². The van der Waals surface area contributed by atoms with Crippen LogP contribution in [0.3, 0.4) is 0 Å². The third-order valence-corrected chi connectivity index (χ3v) is 5.65. The molecule has 0 saturated carbocycles. The van der Waals surface area contributed by atoms with Gasteiger partial charge in [-0.1, -0.05) is 75.2 Å². The van der Waals surface area contributed by atoms with E-state index in [4.69, 9.17) is 16.3 Å². The van der Waals surface area contributed by atoms with Gasteiger partial charge < -0.3 is 4.74 Å². The number of rotatable bonds is 10. The number of hydrogen-bond donors (Lipinski definition) is 1. The molecule has 1 N–H and O–H groups in total. The Morgan fingerprint density at radius 3 is 2.64 bits per heavy atom. The Morgan fingerprint density at radius 2 is 1.89 bits per heavy atom. The molecule has 0 bridgehead atoms. The summed E-state index contributed by atoms with van der Waals surface area (Å²) < 4.78 is 7.79. The van der Waals surface area contributed by atoms with E-state index in [1.54, 1.807) is 4.63 Å². The molecular formula is C22H31ClN4O. The Bertz CT molecular complexity index is 915. The molecule has 0 aliphatic carbocycles. The maximum absolute atomic E-state index is 6.31. The van der Waals surface area contributed by atoms with Crippen LogP contribution in [-0.2, 0) is 0 Å². The minimum Gasteiger partial charge on any atom is -0.493 e. The van der Waals surface area contributed by atoms with E-state index in [2.05, 4.69) is 54.2 Å². The number of H-pyrrole nitrogens is 1. The zero-order valence-corrected chi connectivity index (χ0v) is 18.1. The molecule has 0 aliphatic rings. The first kappa shape index (κ1) is 20.7. The van der Waals surface area contributed by atoms with Crippen molar-refractivity contribution in [2.45, 2.75) is 72.1 Å². The van der Waals surface area contributed by atoms with E-state index in [0.717, 1.165) is 35.9 Å². The lowest BCUT2D eigenvalue weighted by Crippen LogP contribution is -2.06. The average Bonchev–Trinajstić information content (AvgIpc) is 3.21. The van der Waals surface area contributed by atoms with Crippen molar-refractivity contribution >= 4 is 17.2 Å². The molecule has 0 saturated heterocycles. The van der Waals surface area contributed by atoms with Gasteiger partial charge in [-0.05, 0) is 26.3 Å². The van der Waals surface area contributed by atoms with Crippen molar-refractivity contribution in [1.29, 1.82) is 0 Å². The van der Waals surface area contributed by atoms with Crippen LogP contribution in [0.1, 0.15) is 80.9 Å². The predicted octanol–water partition coefficient (Wildman–Crippen LogP) is 6.22. The van der Waals surface area contributed by atoms with E-state index in [1.807, 2.05) is 6.92 Å². The van der Waals surface area contributed by atoms with E-state index < -0.39 is 0 Å². The number of aromatic nitrogens is 4. The van der Waals surface area contributed by atoms with Gasteiger partial charge in [-0.2, -0.15) is 4.63 Å². The van der Waals surface area contributed by atoms with E-state index in [0.29, 0.717) is 10.7 Å². The molecule has 1 atom stereocenters. The number of ether oxygens (including phenoxy) is 1. The zero-order valence-electron chi connectivity index (χ0n) is 17.4. The second kappa shape index (κ2) is 9.46. The quantitative estimate of drug-likeness (QED) is 0.409. The van der Waals surface area contributed by atoms with Crippen molar-refractivity contribution in [2.24, 2.45) is 0 Å². The van der Waals surface area contributed by atoms with Crippen molar-refractivity contribution in [2.75, 3.05) is 6.61 Å². The molecular weight excluding hydrogens is 372 g/mol. The van der Waals surface area contributed by atoms with Gasteiger partial charge in [-0.25, -0.2) is 4.98 Å². The summed E-state index contributed by atoms with van der Waals surface area (Å²) in [5.74, 6) is 1.68. The molecule has 152 valence electrons. The molecule has 28 heavy (non-hydrogen) atoms. The van der Waals surface area contributed by atoms with E-state index in [-0.39, 0.29) is 5.92 Å². The van der Waals surface area contributed by atoms with Crippen LogP contribution in [0, 0.1) is 13.8 Å². The Balaban J connectivity index is 1.70. The molecule has 0 fully saturated rings. The van der Waals surface area contributed by atoms with E-state index >= 15 is 0 Å². The summed E-state index contributed by atoms with van der Waals surface area (Å²) in [6.07, 6.45) is 7.54. The fraction of sp³-hybridized carbons (Fsp3) is 0.545. The number of nitrogens with one attached hydrogen (secondary N) is 1. The van der Waals surface area contributed by atoms with Gasteiger partial charge in [-0.15, -0.1) is 5.10 Å². The topological polar surface area (TPSA) is 55.2 Å². The van der Waals surface area contributed by atoms with Crippen molar-refractivity contribution in [1.82, 2.24) is 19.8 Å². The van der Waals surface area contributed by atoms with E-state index in [1.165, 1.54) is 37.7 Å². The minimum absolute atomic E-state index is 0.0177. The van der Waals surface area contributed by atoms with Crippen LogP contribution in [0.2, 0.25) is 5.02 Å². The van der Waals surface area contributed by atoms with Crippen molar-refractivity contribution in [3.8, 4) is 5.75 Å². The van der Waals surface area contributed by atoms with Crippen molar-refractivity contribution in [3.63, 3.8) is 0 Å². The summed E-state index contributed by atoms with van der Waals surface area (Å²) in [4.78, 5) is 4.65. The van der Waals surface area contributed by atoms with Gasteiger partial charge in [0.15, 0.2) is 11.5 Å². The molecule has 2 heterocycles. The Morgan fingerprint density at radius 1 is 1.14 bits per heavy atom. The number of hydrogen-bond acceptors (Lipinski definition) is 3. The van der Waals surface area contributed by atoms with Gasteiger partial charge in [0.2, 0.25) is 0 Å². The summed E-state index contributed by atoms with van der Waals surface area (Å²) in [7, 11) is 0. The summed E-state index contributed by atoms with van der Waals surface area (Å²) in [5.41, 5.74) is 3.86. The van der Waals surface area contributed by atoms with Gasteiger partial charge in [0.05, 0.1) is 12.3 Å². The number of fused-ring (bicyclic) bond motifs is 1. The molecule has 1 unspecified atom stereocenters. The molecule has 0 amide bonds. The fourth-order valence-electron chi connectivity index (χ4n) is 3.45. The second-order valence-corrected chi connectivity index (χ2v) is 8.01. The van der Waals surface area contributed by atoms with Crippen LogP contribution in [0.25, 0.3) is 5.65 Å². The number of benzene rings is 1. The third-order valence-electron chi connectivity index (χ3n) is 5.20. The molecule has 2 aromatic heterocycles. The highest BCUT2D eigenvalue weighted by Crippen LogP contribution is 2.32. The summed E-state index contributed by atoms with van der Waals surface area (Å²) in [5, 5.41) is 8.33. The summed E-state index contributed by atoms with van der Waals surface area (Å²) >= 11 is 6.31. The standard InChI is InChI=1S/C22H31ClN4O/c1-5-6-7-8-9-10-13-28-19-12-11-15(2)14-18(19)16(3)21-24-22-20(23)17(4)25-27(22)26-21/h11-12,14,16,25H,5-10,13H2,1-4H3. The highest BCUT2D eigenvalue weighted by Gasteiger charge is 2.21. The molecule has 0 radical (unpaired) electrons. The van der Waals surface area contributed by atoms with Crippen LogP contribution in [0.4, 0.5) is 0 Å². The van der Waals surface area contributed by atoms with Crippen LogP contribution in [0.5, 0.6) is 5.75 Å². The van der Waals surface area contributed by atoms with Crippen molar-refractivity contribution < 1.29 is 4.74 Å². The van der Waals surface area contributed by atoms with Crippen LogP contribution in [-0.4, -0.2) is 26.4 Å². The molecule has 5 nitrogen and oxygen atoms in total. The molecule has 6 heteroatoms. The first-order valence-electron chi connectivity index (χ1n) is 10.3. The van der Waals surface area contributed by atoms with Gasteiger partial charge in [-0.3, -0.25) is 5.10 Å². The van der Waals surface area contributed by atoms with Gasteiger partial charge in [0.1, 0.15) is 10.8 Å². The van der Waals surface area contributed by atoms with Gasteiger partial charge >= 0.3 is 0 Å². The van der Waals surface area contributed by atoms with Crippen LogP contribution in [0.15, 0.2) is 18.2 Å². The Kier molecular flexibility index (Phi) is 7.00. The lowest BCUT2D eigenvalue weighted by molar-refractivity contribution is 0.300. The maximum Gasteiger partial charge on any atom is 0.194 e. The highest BCUT2D eigenvalue weighted by atomic mass is 35.5. The predicted molar refractivity (Wildman–Crippen MR) is 115 cm³/mol. The Hall–Kier alpha value is -2.01. The third kappa shape index (κ3) is 4.69. The van der Waals surface area contributed by atoms with Crippen LogP contribution < -0.4 is 4.74 Å². The first-order valence-corrected chi connectivity index (χ1v) is 10.7. The SMILES string of the molecule is CCCCCCCCOc1ccc(C)cc1C(C)c1nc2c(Cl)c(C)[nH]n2n1. The molecule has 3 aromatic rings. The number of aromatic amines is 1. The van der Waals surface area contributed by atoms with Crippen LogP contribution >= 0.6 is 11.6 Å². The normalized spacial score (nSPS) is 12.6. The number of aryl methyl sites for hydroxylation is 2. The zero-order chi connectivity index (χ0) is 20.1. The number of unbranched alkanes of at least 4 members (excludes halogenated alkanes) is 5. The van der Waals surface area contributed by atoms with Gasteiger partial charge in [0, 0.05) is 11.5 Å². The molecule has 1 aromatic carbocycles. The smallest absolute Gasteiger partial charge is 0.194 e. The fourth-order valence-corrected chi connectivity index (χ4v) is 3.61. The van der Waals surface area contributed by atoms with Crippen molar-refractivity contribution in [3.05, 3.63) is 45.9 Å². The molecule has 0 spiro atoms. The maximum atomic E-state index is 6.31. The number of halogens is 1. The molecule has 0 aliphatic heterocycles. The average molecular weight is 403 g/mol. The second-order valence-electron chi connectivity index (χ2n) is 7.64. The first-order chi connectivity index (χ1) is 13.5.